The predicted molar refractivity (Wildman–Crippen MR) is 85.4 cm³/mol. The van der Waals surface area contributed by atoms with Crippen molar-refractivity contribution in [3.63, 3.8) is 0 Å². The molecule has 0 saturated carbocycles. The minimum Gasteiger partial charge on any atom is -0.354 e. The summed E-state index contributed by atoms with van der Waals surface area (Å²) in [4.78, 5) is 2.15. The van der Waals surface area contributed by atoms with Crippen molar-refractivity contribution in [2.75, 3.05) is 6.54 Å². The van der Waals surface area contributed by atoms with Gasteiger partial charge in [0, 0.05) is 13.1 Å². The Kier molecular flexibility index (Phi) is 3.89. The van der Waals surface area contributed by atoms with E-state index in [0.717, 1.165) is 18.2 Å². The average Bonchev–Trinajstić information content (AvgIpc) is 2.51. The molecule has 0 fully saturated rings. The second-order valence-corrected chi connectivity index (χ2v) is 5.25. The molecule has 0 aromatic heterocycles. The molecule has 2 aromatic carbocycles. The zero-order chi connectivity index (χ0) is 13.8. The first-order chi connectivity index (χ1) is 9.83. The Morgan fingerprint density at radius 3 is 2.30 bits per heavy atom. The van der Waals surface area contributed by atoms with Crippen LogP contribution >= 0.6 is 11.6 Å². The van der Waals surface area contributed by atoms with Gasteiger partial charge in [-0.25, -0.2) is 0 Å². The highest BCUT2D eigenvalue weighted by molar-refractivity contribution is 6.29. The molecule has 100 valence electrons. The average molecular weight is 282 g/mol. The van der Waals surface area contributed by atoms with Gasteiger partial charge in [-0.3, -0.25) is 0 Å². The van der Waals surface area contributed by atoms with Gasteiger partial charge in [0.1, 0.15) is 5.16 Å². The summed E-state index contributed by atoms with van der Waals surface area (Å²) in [5, 5.41) is 0.805. The van der Waals surface area contributed by atoms with Crippen LogP contribution in [0.4, 0.5) is 0 Å². The summed E-state index contributed by atoms with van der Waals surface area (Å²) in [6.07, 6.45) is 6.05. The molecule has 3 rings (SSSR count). The number of hydrogen-bond acceptors (Lipinski definition) is 1. The van der Waals surface area contributed by atoms with Crippen LogP contribution < -0.4 is 0 Å². The van der Waals surface area contributed by atoms with Crippen molar-refractivity contribution in [2.24, 2.45) is 0 Å². The van der Waals surface area contributed by atoms with Crippen molar-refractivity contribution in [3.05, 3.63) is 83.5 Å². The van der Waals surface area contributed by atoms with E-state index in [1.807, 2.05) is 18.2 Å². The van der Waals surface area contributed by atoms with Gasteiger partial charge in [-0.2, -0.15) is 0 Å². The van der Waals surface area contributed by atoms with Crippen LogP contribution in [0.3, 0.4) is 0 Å². The fourth-order valence-electron chi connectivity index (χ4n) is 2.32. The fourth-order valence-corrected chi connectivity index (χ4v) is 2.52. The van der Waals surface area contributed by atoms with Crippen molar-refractivity contribution < 1.29 is 0 Å². The van der Waals surface area contributed by atoms with Gasteiger partial charge in [-0.05, 0) is 22.8 Å². The Bertz CT molecular complexity index is 626. The third kappa shape index (κ3) is 2.94. The summed E-state index contributed by atoms with van der Waals surface area (Å²) in [6, 6.07) is 19.1. The highest BCUT2D eigenvalue weighted by Crippen LogP contribution is 2.22. The lowest BCUT2D eigenvalue weighted by molar-refractivity contribution is 0.393. The molecule has 0 unspecified atom stereocenters. The van der Waals surface area contributed by atoms with E-state index >= 15 is 0 Å². The fraction of sp³-hybridized carbons (Fsp3) is 0.111. The SMILES string of the molecule is ClC1=CC=CCN1Cc1ccc(-c2ccccc2)cc1. The van der Waals surface area contributed by atoms with Crippen LogP contribution in [0.5, 0.6) is 0 Å². The Balaban J connectivity index is 1.74. The van der Waals surface area contributed by atoms with Crippen LogP contribution in [0.1, 0.15) is 5.56 Å². The van der Waals surface area contributed by atoms with E-state index in [1.54, 1.807) is 0 Å². The number of benzene rings is 2. The maximum Gasteiger partial charge on any atom is 0.105 e. The molecule has 0 bridgehead atoms. The molecular formula is C18H16ClN. The van der Waals surface area contributed by atoms with E-state index in [9.17, 15) is 0 Å². The van der Waals surface area contributed by atoms with Gasteiger partial charge < -0.3 is 4.90 Å². The molecule has 2 aromatic rings. The van der Waals surface area contributed by atoms with Gasteiger partial charge in [0.15, 0.2) is 0 Å². The Hall–Kier alpha value is -1.99. The van der Waals surface area contributed by atoms with Gasteiger partial charge in [0.25, 0.3) is 0 Å². The largest absolute Gasteiger partial charge is 0.354 e. The van der Waals surface area contributed by atoms with Crippen LogP contribution in [0.2, 0.25) is 0 Å². The van der Waals surface area contributed by atoms with Gasteiger partial charge in [-0.15, -0.1) is 0 Å². The Morgan fingerprint density at radius 2 is 1.60 bits per heavy atom. The van der Waals surface area contributed by atoms with Crippen molar-refractivity contribution in [2.45, 2.75) is 6.54 Å². The Morgan fingerprint density at radius 1 is 0.900 bits per heavy atom. The number of rotatable bonds is 3. The summed E-state index contributed by atoms with van der Waals surface area (Å²) in [7, 11) is 0. The normalized spacial score (nSPS) is 14.2. The third-order valence-electron chi connectivity index (χ3n) is 3.43. The smallest absolute Gasteiger partial charge is 0.105 e. The number of nitrogens with zero attached hydrogens (tertiary/aromatic N) is 1. The molecule has 20 heavy (non-hydrogen) atoms. The Labute approximate surface area is 124 Å². The number of hydrogen-bond donors (Lipinski definition) is 0. The van der Waals surface area contributed by atoms with Crippen LogP contribution in [-0.2, 0) is 6.54 Å². The van der Waals surface area contributed by atoms with E-state index in [2.05, 4.69) is 59.5 Å². The van der Waals surface area contributed by atoms with E-state index < -0.39 is 0 Å². The first kappa shape index (κ1) is 13.0. The van der Waals surface area contributed by atoms with Crippen molar-refractivity contribution >= 4 is 11.6 Å². The van der Waals surface area contributed by atoms with Crippen LogP contribution in [-0.4, -0.2) is 11.4 Å². The van der Waals surface area contributed by atoms with Gasteiger partial charge in [0.05, 0.1) is 0 Å². The quantitative estimate of drug-likeness (QED) is 0.730. The zero-order valence-electron chi connectivity index (χ0n) is 11.2. The molecule has 1 heterocycles. The standard InChI is InChI=1S/C18H16ClN/c19-18-8-4-5-13-20(18)14-15-9-11-17(12-10-15)16-6-2-1-3-7-16/h1-12H,13-14H2. The predicted octanol–water partition coefficient (Wildman–Crippen LogP) is 4.81. The topological polar surface area (TPSA) is 3.24 Å². The van der Waals surface area contributed by atoms with E-state index in [1.165, 1.54) is 16.7 Å². The van der Waals surface area contributed by atoms with E-state index in [4.69, 9.17) is 11.6 Å². The third-order valence-corrected chi connectivity index (χ3v) is 3.80. The highest BCUT2D eigenvalue weighted by Gasteiger charge is 2.08. The van der Waals surface area contributed by atoms with Crippen LogP contribution in [0.15, 0.2) is 78.0 Å². The number of allylic oxidation sites excluding steroid dienone is 2. The summed E-state index contributed by atoms with van der Waals surface area (Å²) in [6.45, 7) is 1.71. The summed E-state index contributed by atoms with van der Waals surface area (Å²) >= 11 is 6.20. The summed E-state index contributed by atoms with van der Waals surface area (Å²) in [5.41, 5.74) is 3.76. The maximum absolute atomic E-state index is 6.20. The van der Waals surface area contributed by atoms with Crippen molar-refractivity contribution in [1.29, 1.82) is 0 Å². The molecule has 0 atom stereocenters. The molecule has 2 heteroatoms. The number of halogens is 1. The molecule has 0 aliphatic carbocycles. The van der Waals surface area contributed by atoms with E-state index in [0.29, 0.717) is 0 Å². The minimum atomic E-state index is 0.805. The lowest BCUT2D eigenvalue weighted by atomic mass is 10.0. The van der Waals surface area contributed by atoms with Crippen LogP contribution in [0.25, 0.3) is 11.1 Å². The van der Waals surface area contributed by atoms with Crippen molar-refractivity contribution in [1.82, 2.24) is 4.90 Å². The molecule has 0 spiro atoms. The highest BCUT2D eigenvalue weighted by atomic mass is 35.5. The minimum absolute atomic E-state index is 0.805. The molecular weight excluding hydrogens is 266 g/mol. The van der Waals surface area contributed by atoms with Gasteiger partial charge >= 0.3 is 0 Å². The second-order valence-electron chi connectivity index (χ2n) is 4.86. The van der Waals surface area contributed by atoms with Crippen molar-refractivity contribution in [3.8, 4) is 11.1 Å². The zero-order valence-corrected chi connectivity index (χ0v) is 11.9. The molecule has 0 radical (unpaired) electrons. The molecule has 1 aliphatic rings. The maximum atomic E-state index is 6.20. The van der Waals surface area contributed by atoms with Gasteiger partial charge in [0.2, 0.25) is 0 Å². The van der Waals surface area contributed by atoms with Crippen LogP contribution in [0, 0.1) is 0 Å². The second kappa shape index (κ2) is 5.98. The van der Waals surface area contributed by atoms with E-state index in [-0.39, 0.29) is 0 Å². The summed E-state index contributed by atoms with van der Waals surface area (Å²) < 4.78 is 0. The molecule has 0 amide bonds. The first-order valence-electron chi connectivity index (χ1n) is 6.74. The van der Waals surface area contributed by atoms with Gasteiger partial charge in [-0.1, -0.05) is 78.4 Å². The molecule has 1 aliphatic heterocycles. The first-order valence-corrected chi connectivity index (χ1v) is 7.12. The molecule has 0 saturated heterocycles. The lowest BCUT2D eigenvalue weighted by Crippen LogP contribution is -2.21. The lowest BCUT2D eigenvalue weighted by Gasteiger charge is -2.24. The molecule has 1 nitrogen and oxygen atoms in total. The monoisotopic (exact) mass is 281 g/mol. The molecule has 0 N–H and O–H groups in total. The summed E-state index contributed by atoms with van der Waals surface area (Å²) in [5.74, 6) is 0.